The van der Waals surface area contributed by atoms with E-state index in [9.17, 15) is 10.2 Å². The number of phenolic OH excluding ortho intramolecular Hbond substituents is 1. The van der Waals surface area contributed by atoms with Crippen LogP contribution in [0.1, 0.15) is 31.2 Å². The molecule has 0 radical (unpaired) electrons. The highest BCUT2D eigenvalue weighted by Crippen LogP contribution is 2.30. The number of aliphatic hydroxyl groups is 1. The van der Waals surface area contributed by atoms with Crippen molar-refractivity contribution in [2.45, 2.75) is 37.8 Å². The Kier molecular flexibility index (Phi) is 4.65. The Bertz CT molecular complexity index is 457. The fraction of sp³-hybridized carbons (Fsp3) is 0.462. The first kappa shape index (κ1) is 13.8. The first-order valence-electron chi connectivity index (χ1n) is 5.95. The molecule has 1 fully saturated rings. The largest absolute Gasteiger partial charge is 0.506 e. The molecule has 0 aromatic heterocycles. The van der Waals surface area contributed by atoms with Crippen LogP contribution in [0.3, 0.4) is 0 Å². The van der Waals surface area contributed by atoms with Crippen LogP contribution in [0.15, 0.2) is 21.6 Å². The number of benzene rings is 1. The van der Waals surface area contributed by atoms with Crippen LogP contribution in [0, 0.1) is 0 Å². The van der Waals surface area contributed by atoms with Crippen LogP contribution in [0.4, 0.5) is 0 Å². The molecule has 0 spiro atoms. The van der Waals surface area contributed by atoms with Gasteiger partial charge in [-0.05, 0) is 37.8 Å². The van der Waals surface area contributed by atoms with Crippen molar-refractivity contribution in [2.24, 2.45) is 4.99 Å². The summed E-state index contributed by atoms with van der Waals surface area (Å²) in [6.45, 7) is 0. The molecule has 0 unspecified atom stereocenters. The van der Waals surface area contributed by atoms with Crippen LogP contribution < -0.4 is 0 Å². The maximum atomic E-state index is 9.81. The van der Waals surface area contributed by atoms with Crippen LogP contribution in [0.25, 0.3) is 0 Å². The van der Waals surface area contributed by atoms with E-state index < -0.39 is 0 Å². The van der Waals surface area contributed by atoms with E-state index in [-0.39, 0.29) is 17.9 Å². The number of hydrogen-bond acceptors (Lipinski definition) is 3. The standard InChI is InChI=1S/C13H15BrClNO2/c14-9-5-8(13(18)12(15)6-9)7-16-10-1-3-11(17)4-2-10/h5-7,10-11,17-18H,1-4H2. The molecule has 1 saturated carbocycles. The Morgan fingerprint density at radius 1 is 1.28 bits per heavy atom. The lowest BCUT2D eigenvalue weighted by molar-refractivity contribution is 0.123. The van der Waals surface area contributed by atoms with Crippen molar-refractivity contribution in [2.75, 3.05) is 0 Å². The number of aliphatic imine (C=N–C) groups is 1. The lowest BCUT2D eigenvalue weighted by Crippen LogP contribution is -2.20. The minimum atomic E-state index is -0.176. The lowest BCUT2D eigenvalue weighted by atomic mass is 9.93. The summed E-state index contributed by atoms with van der Waals surface area (Å²) in [4.78, 5) is 4.46. The van der Waals surface area contributed by atoms with Gasteiger partial charge in [-0.1, -0.05) is 27.5 Å². The zero-order valence-corrected chi connectivity index (χ0v) is 12.2. The van der Waals surface area contributed by atoms with Gasteiger partial charge in [0.25, 0.3) is 0 Å². The molecule has 18 heavy (non-hydrogen) atoms. The maximum Gasteiger partial charge on any atom is 0.142 e. The molecular weight excluding hydrogens is 318 g/mol. The molecule has 1 aliphatic rings. The summed E-state index contributed by atoms with van der Waals surface area (Å²) in [5.41, 5.74) is 0.612. The highest BCUT2D eigenvalue weighted by Gasteiger charge is 2.18. The zero-order valence-electron chi connectivity index (χ0n) is 9.81. The number of phenols is 1. The van der Waals surface area contributed by atoms with Gasteiger partial charge in [0.05, 0.1) is 17.2 Å². The van der Waals surface area contributed by atoms with Gasteiger partial charge in [-0.15, -0.1) is 0 Å². The third-order valence-electron chi connectivity index (χ3n) is 3.15. The maximum absolute atomic E-state index is 9.81. The Hall–Kier alpha value is -0.580. The third kappa shape index (κ3) is 3.46. The molecule has 0 atom stereocenters. The Balaban J connectivity index is 2.09. The number of aromatic hydroxyl groups is 1. The predicted octanol–water partition coefficient (Wildman–Crippen LogP) is 3.53. The second-order valence-electron chi connectivity index (χ2n) is 4.57. The fourth-order valence-electron chi connectivity index (χ4n) is 2.08. The van der Waals surface area contributed by atoms with E-state index in [4.69, 9.17) is 11.6 Å². The van der Waals surface area contributed by atoms with E-state index in [0.717, 1.165) is 30.2 Å². The van der Waals surface area contributed by atoms with E-state index >= 15 is 0 Å². The molecule has 1 aliphatic carbocycles. The van der Waals surface area contributed by atoms with Gasteiger partial charge in [0.15, 0.2) is 0 Å². The minimum absolute atomic E-state index is 0.0551. The summed E-state index contributed by atoms with van der Waals surface area (Å²) in [5, 5.41) is 19.5. The van der Waals surface area contributed by atoms with Crippen molar-refractivity contribution < 1.29 is 10.2 Å². The average molecular weight is 333 g/mol. The van der Waals surface area contributed by atoms with E-state index in [0.29, 0.717) is 10.6 Å². The SMILES string of the molecule is Oc1c(Cl)cc(Br)cc1C=NC1CCC(O)CC1. The van der Waals surface area contributed by atoms with E-state index in [1.807, 2.05) is 0 Å². The van der Waals surface area contributed by atoms with Gasteiger partial charge in [0.2, 0.25) is 0 Å². The van der Waals surface area contributed by atoms with Gasteiger partial charge in [0.1, 0.15) is 5.75 Å². The molecular formula is C13H15BrClNO2. The average Bonchev–Trinajstić information content (AvgIpc) is 2.34. The fourth-order valence-corrected chi connectivity index (χ4v) is 2.91. The first-order chi connectivity index (χ1) is 8.56. The summed E-state index contributed by atoms with van der Waals surface area (Å²) in [6.07, 6.45) is 4.86. The predicted molar refractivity (Wildman–Crippen MR) is 76.7 cm³/mol. The molecule has 3 nitrogen and oxygen atoms in total. The molecule has 98 valence electrons. The molecule has 1 aromatic carbocycles. The summed E-state index contributed by atoms with van der Waals surface area (Å²) >= 11 is 9.22. The van der Waals surface area contributed by atoms with Crippen molar-refractivity contribution in [1.82, 2.24) is 0 Å². The van der Waals surface area contributed by atoms with Crippen molar-refractivity contribution in [3.8, 4) is 5.75 Å². The summed E-state index contributed by atoms with van der Waals surface area (Å²) in [7, 11) is 0. The molecule has 0 aliphatic heterocycles. The molecule has 5 heteroatoms. The van der Waals surface area contributed by atoms with Crippen molar-refractivity contribution in [1.29, 1.82) is 0 Å². The van der Waals surface area contributed by atoms with Crippen molar-refractivity contribution in [3.63, 3.8) is 0 Å². The minimum Gasteiger partial charge on any atom is -0.506 e. The highest BCUT2D eigenvalue weighted by molar-refractivity contribution is 9.10. The van der Waals surface area contributed by atoms with Gasteiger partial charge in [-0.3, -0.25) is 4.99 Å². The van der Waals surface area contributed by atoms with Gasteiger partial charge in [-0.2, -0.15) is 0 Å². The number of halogens is 2. The van der Waals surface area contributed by atoms with Gasteiger partial charge >= 0.3 is 0 Å². The molecule has 0 amide bonds. The number of rotatable bonds is 2. The highest BCUT2D eigenvalue weighted by atomic mass is 79.9. The quantitative estimate of drug-likeness (QED) is 0.814. The normalized spacial score (nSPS) is 24.6. The van der Waals surface area contributed by atoms with Crippen LogP contribution in [0.2, 0.25) is 5.02 Å². The van der Waals surface area contributed by atoms with Crippen molar-refractivity contribution >= 4 is 33.7 Å². The topological polar surface area (TPSA) is 52.8 Å². The van der Waals surface area contributed by atoms with Crippen LogP contribution in [-0.2, 0) is 0 Å². The number of aliphatic hydroxyl groups excluding tert-OH is 1. The van der Waals surface area contributed by atoms with E-state index in [2.05, 4.69) is 20.9 Å². The summed E-state index contributed by atoms with van der Waals surface area (Å²) < 4.78 is 0.811. The summed E-state index contributed by atoms with van der Waals surface area (Å²) in [5.74, 6) is 0.0551. The smallest absolute Gasteiger partial charge is 0.142 e. The van der Waals surface area contributed by atoms with Gasteiger partial charge < -0.3 is 10.2 Å². The van der Waals surface area contributed by atoms with Crippen LogP contribution in [0.5, 0.6) is 5.75 Å². The monoisotopic (exact) mass is 331 g/mol. The first-order valence-corrected chi connectivity index (χ1v) is 7.12. The third-order valence-corrected chi connectivity index (χ3v) is 3.89. The molecule has 2 rings (SSSR count). The van der Waals surface area contributed by atoms with E-state index in [1.54, 1.807) is 18.3 Å². The summed E-state index contributed by atoms with van der Waals surface area (Å²) in [6, 6.07) is 3.65. The molecule has 0 bridgehead atoms. The van der Waals surface area contributed by atoms with Gasteiger partial charge in [-0.25, -0.2) is 0 Å². The molecule has 1 aromatic rings. The Labute approximate surface area is 120 Å². The molecule has 0 heterocycles. The number of hydrogen-bond donors (Lipinski definition) is 2. The van der Waals surface area contributed by atoms with E-state index in [1.165, 1.54) is 0 Å². The zero-order chi connectivity index (χ0) is 13.1. The second kappa shape index (κ2) is 6.04. The molecule has 0 saturated heterocycles. The van der Waals surface area contributed by atoms with Gasteiger partial charge in [0, 0.05) is 16.3 Å². The lowest BCUT2D eigenvalue weighted by Gasteiger charge is -2.22. The molecule has 2 N–H and O–H groups in total. The number of nitrogens with zero attached hydrogens (tertiary/aromatic N) is 1. The second-order valence-corrected chi connectivity index (χ2v) is 5.89. The Morgan fingerprint density at radius 3 is 2.61 bits per heavy atom. The van der Waals surface area contributed by atoms with Crippen LogP contribution >= 0.6 is 27.5 Å². The Morgan fingerprint density at radius 2 is 1.94 bits per heavy atom. The van der Waals surface area contributed by atoms with Crippen LogP contribution in [-0.4, -0.2) is 28.6 Å². The van der Waals surface area contributed by atoms with Crippen molar-refractivity contribution in [3.05, 3.63) is 27.2 Å².